The van der Waals surface area contributed by atoms with E-state index in [4.69, 9.17) is 0 Å². The first-order valence-electron chi connectivity index (χ1n) is 9.13. The third-order valence-electron chi connectivity index (χ3n) is 4.58. The van der Waals surface area contributed by atoms with E-state index in [0.717, 1.165) is 36.3 Å². The first-order valence-corrected chi connectivity index (χ1v) is 9.13. The van der Waals surface area contributed by atoms with Gasteiger partial charge in [0.05, 0.1) is 11.9 Å². The predicted octanol–water partition coefficient (Wildman–Crippen LogP) is 2.75. The normalized spacial score (nSPS) is 15.6. The number of pyridine rings is 1. The second-order valence-electron chi connectivity index (χ2n) is 6.67. The number of carbonyl (C=O) groups excluding carboxylic acids is 2. The van der Waals surface area contributed by atoms with Gasteiger partial charge in [-0.05, 0) is 55.6 Å². The van der Waals surface area contributed by atoms with Gasteiger partial charge in [0.1, 0.15) is 0 Å². The van der Waals surface area contributed by atoms with E-state index in [2.05, 4.69) is 32.3 Å². The van der Waals surface area contributed by atoms with Gasteiger partial charge < -0.3 is 21.3 Å². The molecule has 1 unspecified atom stereocenters. The van der Waals surface area contributed by atoms with Crippen molar-refractivity contribution in [1.29, 1.82) is 0 Å². The minimum absolute atomic E-state index is 0.0243. The minimum atomic E-state index is -0.289. The molecule has 0 aliphatic carbocycles. The summed E-state index contributed by atoms with van der Waals surface area (Å²) in [6.07, 6.45) is 3.28. The van der Waals surface area contributed by atoms with Crippen LogP contribution in [-0.4, -0.2) is 30.0 Å². The van der Waals surface area contributed by atoms with E-state index in [9.17, 15) is 9.59 Å². The van der Waals surface area contributed by atoms with Crippen LogP contribution in [0.25, 0.3) is 0 Å². The molecule has 0 spiro atoms. The van der Waals surface area contributed by atoms with Crippen molar-refractivity contribution in [3.63, 3.8) is 0 Å². The number of fused-ring (bicyclic) bond motifs is 1. The van der Waals surface area contributed by atoms with Crippen molar-refractivity contribution in [2.75, 3.05) is 23.7 Å². The molecule has 27 heavy (non-hydrogen) atoms. The van der Waals surface area contributed by atoms with Gasteiger partial charge in [-0.3, -0.25) is 9.78 Å². The number of hydrogen-bond donors (Lipinski definition) is 4. The van der Waals surface area contributed by atoms with Gasteiger partial charge in [0, 0.05) is 30.9 Å². The number of amides is 3. The molecule has 1 atom stereocenters. The molecule has 1 aromatic carbocycles. The summed E-state index contributed by atoms with van der Waals surface area (Å²) in [6, 6.07) is 9.49. The Morgan fingerprint density at radius 3 is 2.81 bits per heavy atom. The summed E-state index contributed by atoms with van der Waals surface area (Å²) in [6.45, 7) is 4.87. The highest BCUT2D eigenvalue weighted by molar-refractivity contribution is 6.00. The summed E-state index contributed by atoms with van der Waals surface area (Å²) in [7, 11) is 0. The number of hydrogen-bond acceptors (Lipinski definition) is 4. The molecule has 3 amide bonds. The Bertz CT molecular complexity index is 820. The van der Waals surface area contributed by atoms with E-state index in [1.165, 1.54) is 12.5 Å². The van der Waals surface area contributed by atoms with Crippen molar-refractivity contribution in [1.82, 2.24) is 15.6 Å². The number of nitrogens with zero attached hydrogens (tertiary/aromatic N) is 1. The Kier molecular flexibility index (Phi) is 6.03. The third-order valence-corrected chi connectivity index (χ3v) is 4.58. The Morgan fingerprint density at radius 2 is 2.07 bits per heavy atom. The maximum Gasteiger partial charge on any atom is 0.323 e. The number of nitrogens with one attached hydrogen (secondary N) is 4. The number of anilines is 2. The second kappa shape index (κ2) is 8.64. The molecule has 2 heterocycles. The van der Waals surface area contributed by atoms with Crippen LogP contribution in [0.4, 0.5) is 16.2 Å². The van der Waals surface area contributed by atoms with Crippen LogP contribution in [-0.2, 0) is 11.2 Å². The molecule has 0 saturated carbocycles. The molecule has 0 bridgehead atoms. The SMILES string of the molecule is CC(=O)NCCC1NCCc2c(NC(=O)Nc3ccc(C)nc3)cccc21. The number of carbonyl (C=O) groups is 2. The van der Waals surface area contributed by atoms with Crippen LogP contribution in [0.15, 0.2) is 36.5 Å². The molecular formula is C20H25N5O2. The van der Waals surface area contributed by atoms with Gasteiger partial charge >= 0.3 is 6.03 Å². The number of rotatable bonds is 5. The fourth-order valence-electron chi connectivity index (χ4n) is 3.29. The van der Waals surface area contributed by atoms with Crippen LogP contribution in [0.3, 0.4) is 0 Å². The highest BCUT2D eigenvalue weighted by atomic mass is 16.2. The summed E-state index contributed by atoms with van der Waals surface area (Å²) in [5, 5.41) is 12.1. The average molecular weight is 367 g/mol. The monoisotopic (exact) mass is 367 g/mol. The van der Waals surface area contributed by atoms with Crippen molar-refractivity contribution in [3.05, 3.63) is 53.3 Å². The zero-order valence-corrected chi connectivity index (χ0v) is 15.6. The van der Waals surface area contributed by atoms with E-state index in [0.29, 0.717) is 12.2 Å². The van der Waals surface area contributed by atoms with E-state index in [1.807, 2.05) is 31.2 Å². The third kappa shape index (κ3) is 5.04. The zero-order valence-electron chi connectivity index (χ0n) is 15.6. The van der Waals surface area contributed by atoms with Gasteiger partial charge in [0.15, 0.2) is 0 Å². The smallest absolute Gasteiger partial charge is 0.323 e. The maximum absolute atomic E-state index is 12.4. The lowest BCUT2D eigenvalue weighted by Crippen LogP contribution is -2.34. The predicted molar refractivity (Wildman–Crippen MR) is 106 cm³/mol. The Morgan fingerprint density at radius 1 is 1.22 bits per heavy atom. The largest absolute Gasteiger partial charge is 0.356 e. The van der Waals surface area contributed by atoms with Crippen molar-refractivity contribution in [2.45, 2.75) is 32.7 Å². The quantitative estimate of drug-likeness (QED) is 0.653. The van der Waals surface area contributed by atoms with Crippen LogP contribution in [0.2, 0.25) is 0 Å². The van der Waals surface area contributed by atoms with Crippen LogP contribution >= 0.6 is 0 Å². The van der Waals surface area contributed by atoms with Crippen molar-refractivity contribution in [3.8, 4) is 0 Å². The Hall–Kier alpha value is -2.93. The molecular weight excluding hydrogens is 342 g/mol. The Labute approximate surface area is 159 Å². The standard InChI is InChI=1S/C20H25N5O2/c1-13-6-7-15(12-23-13)24-20(27)25-19-5-3-4-16-17(19)8-10-22-18(16)9-11-21-14(2)26/h3-7,12,18,22H,8-11H2,1-2H3,(H,21,26)(H2,24,25,27). The molecule has 0 saturated heterocycles. The van der Waals surface area contributed by atoms with E-state index in [-0.39, 0.29) is 18.0 Å². The average Bonchev–Trinajstić information content (AvgIpc) is 2.64. The first-order chi connectivity index (χ1) is 13.0. The highest BCUT2D eigenvalue weighted by Gasteiger charge is 2.22. The summed E-state index contributed by atoms with van der Waals surface area (Å²) in [5.74, 6) is -0.0243. The topological polar surface area (TPSA) is 95.2 Å². The number of urea groups is 1. The van der Waals surface area contributed by atoms with E-state index in [1.54, 1.807) is 6.20 Å². The number of aromatic nitrogens is 1. The minimum Gasteiger partial charge on any atom is -0.356 e. The molecule has 2 aromatic rings. The van der Waals surface area contributed by atoms with Crippen molar-refractivity contribution >= 4 is 23.3 Å². The van der Waals surface area contributed by atoms with Gasteiger partial charge in [-0.15, -0.1) is 0 Å². The number of aryl methyl sites for hydroxylation is 1. The molecule has 0 fully saturated rings. The molecule has 4 N–H and O–H groups in total. The first kappa shape index (κ1) is 18.8. The molecule has 7 heteroatoms. The van der Waals surface area contributed by atoms with Crippen LogP contribution in [0.1, 0.15) is 36.2 Å². The van der Waals surface area contributed by atoms with Crippen LogP contribution < -0.4 is 21.3 Å². The van der Waals surface area contributed by atoms with Gasteiger partial charge in [-0.1, -0.05) is 12.1 Å². The Balaban J connectivity index is 1.68. The van der Waals surface area contributed by atoms with Crippen molar-refractivity contribution in [2.24, 2.45) is 0 Å². The summed E-state index contributed by atoms with van der Waals surface area (Å²) in [5.41, 5.74) is 4.67. The fourth-order valence-corrected chi connectivity index (χ4v) is 3.29. The molecule has 1 aliphatic heterocycles. The summed E-state index contributed by atoms with van der Waals surface area (Å²) in [4.78, 5) is 27.6. The molecule has 1 aromatic heterocycles. The van der Waals surface area contributed by atoms with Crippen molar-refractivity contribution < 1.29 is 9.59 Å². The molecule has 142 valence electrons. The van der Waals surface area contributed by atoms with Gasteiger partial charge in [-0.2, -0.15) is 0 Å². The molecule has 7 nitrogen and oxygen atoms in total. The summed E-state index contributed by atoms with van der Waals surface area (Å²) < 4.78 is 0. The molecule has 0 radical (unpaired) electrons. The van der Waals surface area contributed by atoms with E-state index >= 15 is 0 Å². The lowest BCUT2D eigenvalue weighted by molar-refractivity contribution is -0.118. The van der Waals surface area contributed by atoms with Gasteiger partial charge in [0.25, 0.3) is 0 Å². The fraction of sp³-hybridized carbons (Fsp3) is 0.350. The van der Waals surface area contributed by atoms with Gasteiger partial charge in [-0.25, -0.2) is 4.79 Å². The van der Waals surface area contributed by atoms with Crippen LogP contribution in [0, 0.1) is 6.92 Å². The highest BCUT2D eigenvalue weighted by Crippen LogP contribution is 2.30. The lowest BCUT2D eigenvalue weighted by atomic mass is 9.91. The summed E-state index contributed by atoms with van der Waals surface area (Å²) >= 11 is 0. The zero-order chi connectivity index (χ0) is 19.2. The number of benzene rings is 1. The molecule has 1 aliphatic rings. The second-order valence-corrected chi connectivity index (χ2v) is 6.67. The van der Waals surface area contributed by atoms with Crippen LogP contribution in [0.5, 0.6) is 0 Å². The van der Waals surface area contributed by atoms with Gasteiger partial charge in [0.2, 0.25) is 5.91 Å². The molecule has 3 rings (SSSR count). The maximum atomic E-state index is 12.4. The van der Waals surface area contributed by atoms with E-state index < -0.39 is 0 Å². The lowest BCUT2D eigenvalue weighted by Gasteiger charge is -2.29.